The molecule has 0 saturated carbocycles. The Morgan fingerprint density at radius 1 is 0.397 bits per heavy atom. The Kier molecular flexibility index (Phi) is 8.18. The molecule has 2 aromatic heterocycles. The zero-order chi connectivity index (χ0) is 38.4. The van der Waals surface area contributed by atoms with E-state index in [4.69, 9.17) is 19.9 Å². The van der Waals surface area contributed by atoms with Crippen molar-refractivity contribution < 1.29 is 0 Å². The van der Waals surface area contributed by atoms with Gasteiger partial charge in [-0.15, -0.1) is 0 Å². The first-order chi connectivity index (χ1) is 28.8. The highest BCUT2D eigenvalue weighted by molar-refractivity contribution is 5.94. The molecule has 0 atom stereocenters. The molecule has 0 spiro atoms. The molecular formula is C52H36N6. The number of hydrogen-bond acceptors (Lipinski definition) is 5. The summed E-state index contributed by atoms with van der Waals surface area (Å²) < 4.78 is 2.34. The van der Waals surface area contributed by atoms with Crippen molar-refractivity contribution in [2.45, 2.75) is 12.8 Å². The van der Waals surface area contributed by atoms with E-state index < -0.39 is 0 Å². The van der Waals surface area contributed by atoms with E-state index in [0.717, 1.165) is 86.2 Å². The molecule has 0 radical (unpaired) electrons. The average Bonchev–Trinajstić information content (AvgIpc) is 3.63. The van der Waals surface area contributed by atoms with Gasteiger partial charge >= 0.3 is 0 Å². The van der Waals surface area contributed by atoms with Gasteiger partial charge in [0.25, 0.3) is 0 Å². The van der Waals surface area contributed by atoms with Crippen LogP contribution in [0.15, 0.2) is 188 Å². The molecule has 0 unspecified atom stereocenters. The fourth-order valence-electron chi connectivity index (χ4n) is 8.33. The minimum absolute atomic E-state index is 0.615. The number of fused-ring (bicyclic) bond motifs is 7. The summed E-state index contributed by atoms with van der Waals surface area (Å²) >= 11 is 0. The lowest BCUT2D eigenvalue weighted by atomic mass is 9.99. The number of nitrogens with zero attached hydrogens (tertiary/aromatic N) is 6. The van der Waals surface area contributed by atoms with E-state index in [1.807, 2.05) is 42.5 Å². The molecule has 1 aliphatic carbocycles. The minimum Gasteiger partial charge on any atom is -0.280 e. The molecule has 6 nitrogen and oxygen atoms in total. The number of aryl methyl sites for hydroxylation is 1. The SMILES string of the molecule is C1=Cc2c(nc3n2-c2ccccc2-c2ccccc2N3c2cccc(-c3cccc(-c4nc(-c5ccccc5)nc(-c5ccccc5-c5ccccc5)n4)c3)c2)CC1. The molecule has 0 bridgehead atoms. The van der Waals surface area contributed by atoms with Crippen molar-refractivity contribution in [1.29, 1.82) is 0 Å². The lowest BCUT2D eigenvalue weighted by Gasteiger charge is -2.25. The van der Waals surface area contributed by atoms with Crippen LogP contribution in [0.5, 0.6) is 0 Å². The molecular weight excluding hydrogens is 709 g/mol. The molecule has 9 aromatic rings. The summed E-state index contributed by atoms with van der Waals surface area (Å²) in [6, 6.07) is 63.5. The standard InChI is InChI=1S/C52H36N6/c1-3-17-35(18-4-1)41-25-7-8-28-44(41)51-55-49(36-19-5-2-6-20-36)54-50(56-51)39-23-15-21-37(33-39)38-22-16-24-40(34-38)57-46-30-12-9-26-42(46)43-27-10-13-31-47(43)58-48-32-14-11-29-45(48)53-52(57)58/h1-10,12-28,30-34H,11,29H2. The second-order valence-corrected chi connectivity index (χ2v) is 14.6. The first-order valence-electron chi connectivity index (χ1n) is 19.7. The van der Waals surface area contributed by atoms with E-state index in [1.54, 1.807) is 0 Å². The quantitative estimate of drug-likeness (QED) is 0.170. The van der Waals surface area contributed by atoms with Crippen LogP contribution >= 0.6 is 0 Å². The van der Waals surface area contributed by atoms with Crippen molar-refractivity contribution in [2.75, 3.05) is 4.90 Å². The predicted molar refractivity (Wildman–Crippen MR) is 235 cm³/mol. The van der Waals surface area contributed by atoms with Gasteiger partial charge in [0, 0.05) is 33.5 Å². The molecule has 274 valence electrons. The smallest absolute Gasteiger partial charge is 0.220 e. The van der Waals surface area contributed by atoms with Gasteiger partial charge in [0.1, 0.15) is 0 Å². The number of hydrogen-bond donors (Lipinski definition) is 0. The van der Waals surface area contributed by atoms with Crippen molar-refractivity contribution in [3.8, 4) is 73.2 Å². The van der Waals surface area contributed by atoms with Crippen molar-refractivity contribution in [3.63, 3.8) is 0 Å². The maximum atomic E-state index is 5.37. The normalized spacial score (nSPS) is 12.6. The molecule has 7 aromatic carbocycles. The number of imidazole rings is 1. The highest BCUT2D eigenvalue weighted by Gasteiger charge is 2.31. The third-order valence-electron chi connectivity index (χ3n) is 11.1. The van der Waals surface area contributed by atoms with Crippen LogP contribution in [0.1, 0.15) is 17.8 Å². The molecule has 0 fully saturated rings. The maximum absolute atomic E-state index is 5.37. The van der Waals surface area contributed by atoms with Crippen LogP contribution < -0.4 is 4.90 Å². The zero-order valence-electron chi connectivity index (χ0n) is 31.6. The molecule has 3 heterocycles. The van der Waals surface area contributed by atoms with E-state index >= 15 is 0 Å². The lowest BCUT2D eigenvalue weighted by Crippen LogP contribution is -2.14. The summed E-state index contributed by atoms with van der Waals surface area (Å²) in [6.07, 6.45) is 6.40. The van der Waals surface area contributed by atoms with Crippen LogP contribution in [-0.2, 0) is 6.42 Å². The second-order valence-electron chi connectivity index (χ2n) is 14.6. The van der Waals surface area contributed by atoms with Crippen molar-refractivity contribution >= 4 is 23.4 Å². The van der Waals surface area contributed by atoms with E-state index in [9.17, 15) is 0 Å². The van der Waals surface area contributed by atoms with Gasteiger partial charge in [-0.3, -0.25) is 9.47 Å². The summed E-state index contributed by atoms with van der Waals surface area (Å²) in [5.74, 6) is 2.76. The van der Waals surface area contributed by atoms with Crippen molar-refractivity contribution in [2.24, 2.45) is 0 Å². The van der Waals surface area contributed by atoms with Gasteiger partial charge in [0.05, 0.1) is 22.8 Å². The lowest BCUT2D eigenvalue weighted by molar-refractivity contribution is 0.936. The van der Waals surface area contributed by atoms with Crippen molar-refractivity contribution in [3.05, 3.63) is 199 Å². The second kappa shape index (κ2) is 14.1. The zero-order valence-corrected chi connectivity index (χ0v) is 31.6. The molecule has 0 saturated heterocycles. The van der Waals surface area contributed by atoms with Crippen molar-refractivity contribution in [1.82, 2.24) is 24.5 Å². The molecule has 58 heavy (non-hydrogen) atoms. The van der Waals surface area contributed by atoms with Gasteiger partial charge < -0.3 is 0 Å². The monoisotopic (exact) mass is 744 g/mol. The first kappa shape index (κ1) is 33.6. The van der Waals surface area contributed by atoms with Crippen LogP contribution in [0.3, 0.4) is 0 Å². The summed E-state index contributed by atoms with van der Waals surface area (Å²) in [6.45, 7) is 0. The number of allylic oxidation sites excluding steroid dienone is 1. The molecule has 11 rings (SSSR count). The Labute approximate surface area is 337 Å². The van der Waals surface area contributed by atoms with E-state index in [1.165, 1.54) is 11.1 Å². The topological polar surface area (TPSA) is 59.7 Å². The largest absolute Gasteiger partial charge is 0.280 e. The third-order valence-corrected chi connectivity index (χ3v) is 11.1. The average molecular weight is 745 g/mol. The first-order valence-corrected chi connectivity index (χ1v) is 19.7. The van der Waals surface area contributed by atoms with Gasteiger partial charge in [0.15, 0.2) is 17.5 Å². The van der Waals surface area contributed by atoms with Gasteiger partial charge in [-0.2, -0.15) is 0 Å². The van der Waals surface area contributed by atoms with Gasteiger partial charge in [-0.25, -0.2) is 19.9 Å². The van der Waals surface area contributed by atoms with Gasteiger partial charge in [0.2, 0.25) is 5.95 Å². The Hall–Kier alpha value is -7.70. The van der Waals surface area contributed by atoms with Crippen LogP contribution in [0.25, 0.3) is 79.3 Å². The molecule has 0 N–H and O–H groups in total. The maximum Gasteiger partial charge on any atom is 0.220 e. The van der Waals surface area contributed by atoms with Crippen LogP contribution in [0.2, 0.25) is 0 Å². The Morgan fingerprint density at radius 3 is 1.72 bits per heavy atom. The summed E-state index contributed by atoms with van der Waals surface area (Å²) in [5.41, 5.74) is 15.0. The Morgan fingerprint density at radius 2 is 0.948 bits per heavy atom. The van der Waals surface area contributed by atoms with Crippen LogP contribution in [0.4, 0.5) is 17.3 Å². The summed E-state index contributed by atoms with van der Waals surface area (Å²) in [4.78, 5) is 23.0. The van der Waals surface area contributed by atoms with Crippen LogP contribution in [-0.4, -0.2) is 24.5 Å². The van der Waals surface area contributed by atoms with E-state index in [2.05, 4.69) is 161 Å². The molecule has 2 aliphatic rings. The summed E-state index contributed by atoms with van der Waals surface area (Å²) in [7, 11) is 0. The molecule has 0 amide bonds. The predicted octanol–water partition coefficient (Wildman–Crippen LogP) is 12.8. The number of rotatable bonds is 6. The highest BCUT2D eigenvalue weighted by Crippen LogP contribution is 2.48. The van der Waals surface area contributed by atoms with E-state index in [-0.39, 0.29) is 0 Å². The highest BCUT2D eigenvalue weighted by atomic mass is 15.3. The number of aromatic nitrogens is 5. The fourth-order valence-corrected chi connectivity index (χ4v) is 8.33. The molecule has 6 heteroatoms. The van der Waals surface area contributed by atoms with Crippen LogP contribution in [0, 0.1) is 0 Å². The Balaban J connectivity index is 1.05. The minimum atomic E-state index is 0.615. The Bertz CT molecular complexity index is 3020. The fraction of sp³-hybridized carbons (Fsp3) is 0.0385. The van der Waals surface area contributed by atoms with Gasteiger partial charge in [-0.1, -0.05) is 158 Å². The number of anilines is 3. The van der Waals surface area contributed by atoms with E-state index in [0.29, 0.717) is 17.5 Å². The molecule has 1 aliphatic heterocycles. The number of benzene rings is 7. The summed E-state index contributed by atoms with van der Waals surface area (Å²) in [5, 5.41) is 0. The van der Waals surface area contributed by atoms with Gasteiger partial charge in [-0.05, 0) is 71.5 Å². The third kappa shape index (κ3) is 5.82. The number of para-hydroxylation sites is 2.